The number of rotatable bonds is 11. The van der Waals surface area contributed by atoms with E-state index in [4.69, 9.17) is 38.7 Å². The van der Waals surface area contributed by atoms with Gasteiger partial charge in [0.15, 0.2) is 34.9 Å². The minimum atomic E-state index is 0.602. The summed E-state index contributed by atoms with van der Waals surface area (Å²) in [5.74, 6) is 3.73. The van der Waals surface area contributed by atoms with E-state index in [0.717, 1.165) is 149 Å². The van der Waals surface area contributed by atoms with Crippen LogP contribution < -0.4 is 0 Å². The molecule has 0 saturated heterocycles. The van der Waals surface area contributed by atoms with E-state index >= 15 is 0 Å². The standard InChI is InChI=1S/C55H34N4O.C53H32N4O/c1-3-15-35(16-4-1)37-21-13-23-41(29-37)54-56-53(36-17-5-2-6-18-36)57-55(58-54)42-24-14-22-38(30-42)43-33-49(52-45-26-10-12-28-50(45)60-51(52)34-43)59-47-27-11-9-25-44(47)46-31-39-19-7-8-20-40(39)32-48(46)59;1-2-14-36(15-3-1)51-54-52(56-53(55-51)39-27-24-33-12-4-5-16-38(33)30-39)37-25-22-34(23-26-37)40-31-46(50-43-19-9-11-21-47(43)58-48(50)32-40)57-44-20-10-8-18-42(44)49-41-17-7-6-13-35(41)28-29-45(49)57/h1-34H;1-32H. The highest BCUT2D eigenvalue weighted by Crippen LogP contribution is 2.46. The summed E-state index contributed by atoms with van der Waals surface area (Å²) in [5, 5.41) is 16.4. The zero-order valence-corrected chi connectivity index (χ0v) is 63.5. The zero-order chi connectivity index (χ0) is 77.7. The van der Waals surface area contributed by atoms with E-state index in [1.165, 1.54) is 48.5 Å². The molecule has 24 aromatic rings. The van der Waals surface area contributed by atoms with Crippen LogP contribution in [0.15, 0.2) is 409 Å². The number of hydrogen-bond donors (Lipinski definition) is 0. The summed E-state index contributed by atoms with van der Waals surface area (Å²) in [6.45, 7) is 0. The summed E-state index contributed by atoms with van der Waals surface area (Å²) < 4.78 is 18.2. The van der Waals surface area contributed by atoms with E-state index in [-0.39, 0.29) is 0 Å². The lowest BCUT2D eigenvalue weighted by Crippen LogP contribution is -2.00. The van der Waals surface area contributed by atoms with Crippen molar-refractivity contribution in [3.05, 3.63) is 400 Å². The summed E-state index contributed by atoms with van der Waals surface area (Å²) in [4.78, 5) is 30.3. The van der Waals surface area contributed by atoms with Gasteiger partial charge < -0.3 is 18.0 Å². The molecule has 0 spiro atoms. The maximum absolute atomic E-state index is 6.69. The van der Waals surface area contributed by atoms with Gasteiger partial charge in [-0.15, -0.1) is 0 Å². The lowest BCUT2D eigenvalue weighted by molar-refractivity contribution is 0.668. The Morgan fingerprint density at radius 2 is 0.517 bits per heavy atom. The number of para-hydroxylation sites is 4. The molecule has 18 aromatic carbocycles. The highest BCUT2D eigenvalue weighted by Gasteiger charge is 2.25. The molecule has 118 heavy (non-hydrogen) atoms. The molecular weight excluding hydrogens is 1440 g/mol. The molecule has 0 saturated carbocycles. The fourth-order valence-electron chi connectivity index (χ4n) is 17.4. The van der Waals surface area contributed by atoms with Crippen molar-refractivity contribution in [1.29, 1.82) is 0 Å². The predicted molar refractivity (Wildman–Crippen MR) is 484 cm³/mol. The molecule has 0 aliphatic rings. The molecule has 0 radical (unpaired) electrons. The highest BCUT2D eigenvalue weighted by atomic mass is 16.3. The first-order chi connectivity index (χ1) is 58.4. The monoisotopic (exact) mass is 1510 g/mol. The van der Waals surface area contributed by atoms with Gasteiger partial charge >= 0.3 is 0 Å². The lowest BCUT2D eigenvalue weighted by atomic mass is 9.99. The Kier molecular flexibility index (Phi) is 16.0. The van der Waals surface area contributed by atoms with Crippen LogP contribution in [0.25, 0.3) is 233 Å². The number of benzene rings is 18. The normalized spacial score (nSPS) is 11.7. The summed E-state index contributed by atoms with van der Waals surface area (Å²) in [7, 11) is 0. The van der Waals surface area contributed by atoms with Gasteiger partial charge in [0.2, 0.25) is 0 Å². The second kappa shape index (κ2) is 28.0. The molecular formula is C108H66N8O2. The first-order valence-corrected chi connectivity index (χ1v) is 39.7. The summed E-state index contributed by atoms with van der Waals surface area (Å²) in [6.07, 6.45) is 0. The quantitative estimate of drug-likeness (QED) is 0.126. The van der Waals surface area contributed by atoms with Gasteiger partial charge in [-0.1, -0.05) is 315 Å². The number of nitrogens with zero attached hydrogens (tertiary/aromatic N) is 8. The minimum absolute atomic E-state index is 0.602. The van der Waals surface area contributed by atoms with Crippen molar-refractivity contribution in [2.45, 2.75) is 0 Å². The van der Waals surface area contributed by atoms with E-state index in [2.05, 4.69) is 331 Å². The van der Waals surface area contributed by atoms with Gasteiger partial charge in [0, 0.05) is 65.7 Å². The average molecular weight is 1510 g/mol. The molecule has 0 unspecified atom stereocenters. The molecule has 24 rings (SSSR count). The molecule has 0 atom stereocenters. The first kappa shape index (κ1) is 67.6. The van der Waals surface area contributed by atoms with Crippen LogP contribution in [-0.4, -0.2) is 39.0 Å². The molecule has 0 bridgehead atoms. The fraction of sp³-hybridized carbons (Fsp3) is 0. The second-order valence-electron chi connectivity index (χ2n) is 30.0. The molecule has 0 fully saturated rings. The van der Waals surface area contributed by atoms with E-state index in [1.807, 2.05) is 78.9 Å². The summed E-state index contributed by atoms with van der Waals surface area (Å²) in [6, 6.07) is 140. The number of aromatic nitrogens is 8. The zero-order valence-electron chi connectivity index (χ0n) is 63.5. The van der Waals surface area contributed by atoms with Gasteiger partial charge in [-0.3, -0.25) is 0 Å². The SMILES string of the molecule is c1ccc(-c2cccc(-c3nc(-c4ccccc4)nc(-c4cccc(-c5cc(-n6c7ccccc7c7cc8ccccc8cc76)c6c(c5)oc5ccccc56)c4)n3)c2)cc1.c1ccc(-c2nc(-c3ccc(-c4cc(-n5c6ccccc6c6c7ccccc7ccc65)c5c(c4)oc4ccccc45)cc3)nc(-c3ccc4ccccc4c3)n2)cc1. The summed E-state index contributed by atoms with van der Waals surface area (Å²) >= 11 is 0. The van der Waals surface area contributed by atoms with Crippen molar-refractivity contribution in [3.63, 3.8) is 0 Å². The van der Waals surface area contributed by atoms with Crippen molar-refractivity contribution in [1.82, 2.24) is 39.0 Å². The van der Waals surface area contributed by atoms with Gasteiger partial charge in [0.05, 0.1) is 44.2 Å². The molecule has 0 amide bonds. The van der Waals surface area contributed by atoms with Crippen LogP contribution in [0.5, 0.6) is 0 Å². The van der Waals surface area contributed by atoms with E-state index < -0.39 is 0 Å². The minimum Gasteiger partial charge on any atom is -0.456 e. The average Bonchev–Trinajstić information content (AvgIpc) is 1.56. The van der Waals surface area contributed by atoms with Gasteiger partial charge in [-0.05, 0) is 151 Å². The maximum atomic E-state index is 6.69. The second-order valence-corrected chi connectivity index (χ2v) is 30.0. The third-order valence-electron chi connectivity index (χ3n) is 23.0. The van der Waals surface area contributed by atoms with Crippen molar-refractivity contribution >= 4 is 120 Å². The van der Waals surface area contributed by atoms with Gasteiger partial charge in [-0.2, -0.15) is 0 Å². The Bertz CT molecular complexity index is 8130. The van der Waals surface area contributed by atoms with Crippen molar-refractivity contribution in [2.75, 3.05) is 0 Å². The van der Waals surface area contributed by atoms with Crippen LogP contribution in [0, 0.1) is 0 Å². The highest BCUT2D eigenvalue weighted by molar-refractivity contribution is 6.23. The van der Waals surface area contributed by atoms with E-state index in [0.29, 0.717) is 34.9 Å². The third kappa shape index (κ3) is 11.7. The number of hydrogen-bond acceptors (Lipinski definition) is 8. The third-order valence-corrected chi connectivity index (χ3v) is 23.0. The van der Waals surface area contributed by atoms with Crippen LogP contribution >= 0.6 is 0 Å². The van der Waals surface area contributed by atoms with Crippen molar-refractivity contribution in [2.24, 2.45) is 0 Å². The molecule has 0 aliphatic heterocycles. The van der Waals surface area contributed by atoms with E-state index in [1.54, 1.807) is 0 Å². The molecule has 6 heterocycles. The first-order valence-electron chi connectivity index (χ1n) is 39.7. The largest absolute Gasteiger partial charge is 0.456 e. The Balaban J connectivity index is 0.000000138. The molecule has 550 valence electrons. The molecule has 6 aromatic heterocycles. The lowest BCUT2D eigenvalue weighted by Gasteiger charge is -2.14. The molecule has 0 aliphatic carbocycles. The van der Waals surface area contributed by atoms with Crippen LogP contribution in [0.1, 0.15) is 0 Å². The molecule has 10 nitrogen and oxygen atoms in total. The van der Waals surface area contributed by atoms with E-state index in [9.17, 15) is 0 Å². The Labute approximate surface area is 676 Å². The van der Waals surface area contributed by atoms with Gasteiger partial charge in [-0.25, -0.2) is 29.9 Å². The van der Waals surface area contributed by atoms with Gasteiger partial charge in [0.25, 0.3) is 0 Å². The number of fused-ring (bicyclic) bond motifs is 16. The maximum Gasteiger partial charge on any atom is 0.164 e. The smallest absolute Gasteiger partial charge is 0.164 e. The predicted octanol–water partition coefficient (Wildman–Crippen LogP) is 28.2. The summed E-state index contributed by atoms with van der Waals surface area (Å²) in [5.41, 5.74) is 22.1. The fourth-order valence-corrected chi connectivity index (χ4v) is 17.4. The van der Waals surface area contributed by atoms with Crippen LogP contribution in [-0.2, 0) is 0 Å². The molecule has 10 heteroatoms. The van der Waals surface area contributed by atoms with Crippen LogP contribution in [0.2, 0.25) is 0 Å². The Morgan fingerprint density at radius 1 is 0.161 bits per heavy atom. The topological polar surface area (TPSA) is 113 Å². The Morgan fingerprint density at radius 3 is 1.08 bits per heavy atom. The molecule has 0 N–H and O–H groups in total. The number of furan rings is 2. The van der Waals surface area contributed by atoms with Crippen molar-refractivity contribution < 1.29 is 8.83 Å². The Hall–Kier alpha value is -16.0. The van der Waals surface area contributed by atoms with Crippen LogP contribution in [0.3, 0.4) is 0 Å². The van der Waals surface area contributed by atoms with Gasteiger partial charge in [0.1, 0.15) is 22.3 Å². The van der Waals surface area contributed by atoms with Crippen molar-refractivity contribution in [3.8, 4) is 113 Å². The van der Waals surface area contributed by atoms with Crippen LogP contribution in [0.4, 0.5) is 0 Å².